The van der Waals surface area contributed by atoms with Crippen LogP contribution in [0.3, 0.4) is 0 Å². The van der Waals surface area contributed by atoms with Gasteiger partial charge in [0.05, 0.1) is 11.5 Å². The van der Waals surface area contributed by atoms with E-state index in [0.29, 0.717) is 18.8 Å². The normalized spacial score (nSPS) is 11.1. The van der Waals surface area contributed by atoms with Gasteiger partial charge in [0, 0.05) is 6.54 Å². The number of ether oxygens (including phenoxy) is 2. The number of carbonyl (C=O) groups excluding carboxylic acids is 1. The predicted octanol–water partition coefficient (Wildman–Crippen LogP) is 2.15. The molecule has 2 aromatic rings. The summed E-state index contributed by atoms with van der Waals surface area (Å²) < 4.78 is 37.0. The Bertz CT molecular complexity index is 790. The van der Waals surface area contributed by atoms with Crippen LogP contribution in [-0.4, -0.2) is 34.1 Å². The van der Waals surface area contributed by atoms with Crippen molar-refractivity contribution in [2.24, 2.45) is 0 Å². The summed E-state index contributed by atoms with van der Waals surface area (Å²) in [5, 5.41) is 0. The molecule has 0 bridgehead atoms. The topological polar surface area (TPSA) is 81.7 Å². The highest BCUT2D eigenvalue weighted by Gasteiger charge is 2.12. The second-order valence-corrected chi connectivity index (χ2v) is 6.97. The number of carbonyl (C=O) groups is 1. The smallest absolute Gasteiger partial charge is 0.344 e. The highest BCUT2D eigenvalue weighted by molar-refractivity contribution is 7.89. The third-order valence-corrected chi connectivity index (χ3v) is 4.80. The van der Waals surface area contributed by atoms with Gasteiger partial charge in [-0.05, 0) is 43.2 Å². The summed E-state index contributed by atoms with van der Waals surface area (Å²) in [6.45, 7) is 2.15. The molecular formula is C18H21NO5S. The van der Waals surface area contributed by atoms with Crippen molar-refractivity contribution in [3.63, 3.8) is 0 Å². The van der Waals surface area contributed by atoms with E-state index in [1.807, 2.05) is 6.07 Å². The van der Waals surface area contributed by atoms with E-state index in [1.54, 1.807) is 55.5 Å². The molecule has 1 N–H and O–H groups in total. The van der Waals surface area contributed by atoms with Gasteiger partial charge in [0.15, 0.2) is 6.61 Å². The molecule has 0 radical (unpaired) electrons. The minimum Gasteiger partial charge on any atom is -0.482 e. The van der Waals surface area contributed by atoms with Crippen molar-refractivity contribution < 1.29 is 22.7 Å². The number of hydrogen-bond acceptors (Lipinski definition) is 5. The lowest BCUT2D eigenvalue weighted by Gasteiger charge is -2.09. The van der Waals surface area contributed by atoms with Crippen molar-refractivity contribution in [3.8, 4) is 5.75 Å². The fourth-order valence-electron chi connectivity index (χ4n) is 2.15. The first kappa shape index (κ1) is 19.0. The van der Waals surface area contributed by atoms with Gasteiger partial charge in [-0.2, -0.15) is 0 Å². The zero-order valence-corrected chi connectivity index (χ0v) is 14.8. The van der Waals surface area contributed by atoms with Gasteiger partial charge in [-0.25, -0.2) is 17.9 Å². The lowest BCUT2D eigenvalue weighted by molar-refractivity contribution is -0.145. The maximum atomic E-state index is 12.1. The van der Waals surface area contributed by atoms with Crippen LogP contribution < -0.4 is 9.46 Å². The quantitative estimate of drug-likeness (QED) is 0.691. The molecule has 0 aliphatic rings. The summed E-state index contributed by atoms with van der Waals surface area (Å²) in [5.41, 5.74) is 0.900. The maximum Gasteiger partial charge on any atom is 0.344 e. The van der Waals surface area contributed by atoms with Crippen molar-refractivity contribution in [3.05, 3.63) is 60.2 Å². The molecule has 0 aromatic heterocycles. The lowest BCUT2D eigenvalue weighted by Crippen LogP contribution is -2.25. The molecule has 2 rings (SSSR count). The second kappa shape index (κ2) is 9.19. The van der Waals surface area contributed by atoms with E-state index in [0.717, 1.165) is 5.56 Å². The van der Waals surface area contributed by atoms with Crippen LogP contribution in [0.2, 0.25) is 0 Å². The van der Waals surface area contributed by atoms with Crippen molar-refractivity contribution in [2.75, 3.05) is 19.8 Å². The summed E-state index contributed by atoms with van der Waals surface area (Å²) in [7, 11) is -3.51. The number of nitrogens with one attached hydrogen (secondary N) is 1. The maximum absolute atomic E-state index is 12.1. The van der Waals surface area contributed by atoms with Gasteiger partial charge in [0.2, 0.25) is 10.0 Å². The van der Waals surface area contributed by atoms with Gasteiger partial charge < -0.3 is 9.47 Å². The number of benzene rings is 2. The Morgan fingerprint density at radius 2 is 1.84 bits per heavy atom. The van der Waals surface area contributed by atoms with Crippen LogP contribution in [0.25, 0.3) is 0 Å². The highest BCUT2D eigenvalue weighted by Crippen LogP contribution is 2.14. The van der Waals surface area contributed by atoms with E-state index in [4.69, 9.17) is 9.47 Å². The van der Waals surface area contributed by atoms with Crippen LogP contribution in [0.5, 0.6) is 5.75 Å². The van der Waals surface area contributed by atoms with Crippen LogP contribution in [0, 0.1) is 0 Å². The first-order valence-corrected chi connectivity index (χ1v) is 9.41. The lowest BCUT2D eigenvalue weighted by atomic mass is 10.1. The van der Waals surface area contributed by atoms with Crippen molar-refractivity contribution in [1.82, 2.24) is 4.72 Å². The Kier molecular flexibility index (Phi) is 6.97. The zero-order chi connectivity index (χ0) is 18.1. The number of esters is 1. The van der Waals surface area contributed by atoms with Gasteiger partial charge in [0.1, 0.15) is 5.75 Å². The van der Waals surface area contributed by atoms with Gasteiger partial charge in [-0.1, -0.05) is 30.3 Å². The molecule has 0 aliphatic carbocycles. The highest BCUT2D eigenvalue weighted by atomic mass is 32.2. The standard InChI is InChI=1S/C18H21NO5S/c1-2-23-18(20)14-24-16-8-6-7-15(13-16)11-12-19-25(21,22)17-9-4-3-5-10-17/h3-10,13,19H,2,11-12,14H2,1H3. The molecule has 134 valence electrons. The van der Waals surface area contributed by atoms with Crippen LogP contribution in [0.1, 0.15) is 12.5 Å². The molecule has 25 heavy (non-hydrogen) atoms. The minimum atomic E-state index is -3.51. The molecule has 6 nitrogen and oxygen atoms in total. The molecule has 2 aromatic carbocycles. The molecule has 0 unspecified atom stereocenters. The van der Waals surface area contributed by atoms with E-state index >= 15 is 0 Å². The molecule has 0 amide bonds. The van der Waals surface area contributed by atoms with E-state index in [1.165, 1.54) is 0 Å². The minimum absolute atomic E-state index is 0.155. The second-order valence-electron chi connectivity index (χ2n) is 5.20. The van der Waals surface area contributed by atoms with E-state index in [-0.39, 0.29) is 18.0 Å². The summed E-state index contributed by atoms with van der Waals surface area (Å²) in [4.78, 5) is 11.5. The molecule has 0 fully saturated rings. The van der Waals surface area contributed by atoms with Crippen molar-refractivity contribution in [2.45, 2.75) is 18.2 Å². The number of sulfonamides is 1. The van der Waals surface area contributed by atoms with Crippen molar-refractivity contribution in [1.29, 1.82) is 0 Å². The molecule has 0 heterocycles. The van der Waals surface area contributed by atoms with Crippen LogP contribution in [-0.2, 0) is 26.0 Å². The fraction of sp³-hybridized carbons (Fsp3) is 0.278. The third-order valence-electron chi connectivity index (χ3n) is 3.32. The van der Waals surface area contributed by atoms with E-state index < -0.39 is 16.0 Å². The summed E-state index contributed by atoms with van der Waals surface area (Å²) in [6.07, 6.45) is 0.503. The monoisotopic (exact) mass is 363 g/mol. The summed E-state index contributed by atoms with van der Waals surface area (Å²) >= 11 is 0. The van der Waals surface area contributed by atoms with Crippen molar-refractivity contribution >= 4 is 16.0 Å². The number of hydrogen-bond donors (Lipinski definition) is 1. The molecule has 0 aliphatic heterocycles. The van der Waals surface area contributed by atoms with Gasteiger partial charge in [-0.3, -0.25) is 0 Å². The summed E-state index contributed by atoms with van der Waals surface area (Å²) in [5.74, 6) is 0.111. The average Bonchev–Trinajstić information content (AvgIpc) is 2.61. The first-order chi connectivity index (χ1) is 12.0. The molecule has 0 saturated carbocycles. The molecule has 0 atom stereocenters. The zero-order valence-electron chi connectivity index (χ0n) is 14.0. The Morgan fingerprint density at radius 3 is 2.56 bits per heavy atom. The Balaban J connectivity index is 1.87. The molecular weight excluding hydrogens is 342 g/mol. The third kappa shape index (κ3) is 6.21. The van der Waals surface area contributed by atoms with Crippen LogP contribution in [0.15, 0.2) is 59.5 Å². The molecule has 7 heteroatoms. The molecule has 0 saturated heterocycles. The predicted molar refractivity (Wildman–Crippen MR) is 93.9 cm³/mol. The number of rotatable bonds is 9. The van der Waals surface area contributed by atoms with Gasteiger partial charge in [-0.15, -0.1) is 0 Å². The fourth-order valence-corrected chi connectivity index (χ4v) is 3.20. The Hall–Kier alpha value is -2.38. The first-order valence-electron chi connectivity index (χ1n) is 7.93. The Labute approximate surface area is 147 Å². The molecule has 0 spiro atoms. The van der Waals surface area contributed by atoms with E-state index in [9.17, 15) is 13.2 Å². The Morgan fingerprint density at radius 1 is 1.08 bits per heavy atom. The largest absolute Gasteiger partial charge is 0.482 e. The van der Waals surface area contributed by atoms with Crippen LogP contribution in [0.4, 0.5) is 0 Å². The summed E-state index contributed by atoms with van der Waals surface area (Å²) in [6, 6.07) is 15.4. The van der Waals surface area contributed by atoms with Gasteiger partial charge >= 0.3 is 5.97 Å². The average molecular weight is 363 g/mol. The van der Waals surface area contributed by atoms with Gasteiger partial charge in [0.25, 0.3) is 0 Å². The van der Waals surface area contributed by atoms with Crippen LogP contribution >= 0.6 is 0 Å². The van der Waals surface area contributed by atoms with E-state index in [2.05, 4.69) is 4.72 Å². The SMILES string of the molecule is CCOC(=O)COc1cccc(CCNS(=O)(=O)c2ccccc2)c1.